The summed E-state index contributed by atoms with van der Waals surface area (Å²) >= 11 is 5.78. The van der Waals surface area contributed by atoms with Crippen molar-refractivity contribution in [2.45, 2.75) is 17.7 Å². The molecule has 2 rings (SSSR count). The molecule has 0 aliphatic heterocycles. The van der Waals surface area contributed by atoms with Crippen molar-refractivity contribution < 1.29 is 8.42 Å². The van der Waals surface area contributed by atoms with Gasteiger partial charge in [-0.15, -0.1) is 6.42 Å². The Morgan fingerprint density at radius 3 is 2.68 bits per heavy atom. The summed E-state index contributed by atoms with van der Waals surface area (Å²) in [7, 11) is -3.66. The number of hydrogen-bond donors (Lipinski definition) is 1. The lowest BCUT2D eigenvalue weighted by Crippen LogP contribution is -2.33. The van der Waals surface area contributed by atoms with E-state index in [1.165, 1.54) is 22.5 Å². The van der Waals surface area contributed by atoms with Gasteiger partial charge in [0.05, 0.1) is 12.2 Å². The Morgan fingerprint density at radius 1 is 1.47 bits per heavy atom. The maximum absolute atomic E-state index is 12.5. The van der Waals surface area contributed by atoms with Crippen molar-refractivity contribution in [2.75, 3.05) is 18.8 Å². The fourth-order valence-electron chi connectivity index (χ4n) is 1.83. The normalized spacial score (nSPS) is 15.4. The summed E-state index contributed by atoms with van der Waals surface area (Å²) in [6, 6.07) is 4.36. The molecule has 0 unspecified atom stereocenters. The molecular formula is C13H15ClN2O2S. The smallest absolute Gasteiger partial charge is 0.246 e. The van der Waals surface area contributed by atoms with Crippen molar-refractivity contribution in [3.63, 3.8) is 0 Å². The summed E-state index contributed by atoms with van der Waals surface area (Å²) < 4.78 is 26.4. The molecule has 2 N–H and O–H groups in total. The van der Waals surface area contributed by atoms with Gasteiger partial charge in [-0.05, 0) is 37.0 Å². The first-order chi connectivity index (χ1) is 8.95. The van der Waals surface area contributed by atoms with E-state index in [0.717, 1.165) is 12.8 Å². The first-order valence-corrected chi connectivity index (χ1v) is 7.75. The molecule has 1 aliphatic rings. The van der Waals surface area contributed by atoms with Crippen LogP contribution in [-0.4, -0.2) is 25.8 Å². The summed E-state index contributed by atoms with van der Waals surface area (Å²) in [5.41, 5.74) is 5.89. The number of hydrogen-bond acceptors (Lipinski definition) is 3. The van der Waals surface area contributed by atoms with Gasteiger partial charge in [-0.3, -0.25) is 0 Å². The van der Waals surface area contributed by atoms with Crippen molar-refractivity contribution in [2.24, 2.45) is 5.92 Å². The van der Waals surface area contributed by atoms with Gasteiger partial charge in [0.2, 0.25) is 10.0 Å². The number of nitrogens with zero attached hydrogens (tertiary/aromatic N) is 1. The minimum Gasteiger partial charge on any atom is -0.398 e. The number of nitrogen functional groups attached to an aromatic ring is 1. The van der Waals surface area contributed by atoms with Crippen LogP contribution in [0.3, 0.4) is 0 Å². The zero-order valence-electron chi connectivity index (χ0n) is 10.3. The molecule has 4 nitrogen and oxygen atoms in total. The van der Waals surface area contributed by atoms with Gasteiger partial charge in [-0.1, -0.05) is 17.5 Å². The van der Waals surface area contributed by atoms with Crippen LogP contribution in [0.2, 0.25) is 5.02 Å². The van der Waals surface area contributed by atoms with Gasteiger partial charge in [0.15, 0.2) is 0 Å². The van der Waals surface area contributed by atoms with Gasteiger partial charge in [0, 0.05) is 11.6 Å². The van der Waals surface area contributed by atoms with Crippen LogP contribution >= 0.6 is 11.6 Å². The second-order valence-corrected chi connectivity index (χ2v) is 6.97. The number of rotatable bonds is 5. The summed E-state index contributed by atoms with van der Waals surface area (Å²) in [5, 5.41) is 0.405. The van der Waals surface area contributed by atoms with Crippen LogP contribution in [-0.2, 0) is 10.0 Å². The molecule has 1 saturated carbocycles. The summed E-state index contributed by atoms with van der Waals surface area (Å²) in [6.45, 7) is 0.509. The Balaban J connectivity index is 2.35. The molecule has 0 heterocycles. The zero-order chi connectivity index (χ0) is 14.0. The molecule has 0 bridgehead atoms. The molecule has 0 atom stereocenters. The molecule has 19 heavy (non-hydrogen) atoms. The molecule has 0 aromatic heterocycles. The van der Waals surface area contributed by atoms with Crippen LogP contribution < -0.4 is 5.73 Å². The molecule has 1 aliphatic carbocycles. The first-order valence-electron chi connectivity index (χ1n) is 5.94. The number of anilines is 1. The van der Waals surface area contributed by atoms with E-state index < -0.39 is 10.0 Å². The highest BCUT2D eigenvalue weighted by molar-refractivity contribution is 7.89. The number of sulfonamides is 1. The monoisotopic (exact) mass is 298 g/mol. The second-order valence-electron chi connectivity index (χ2n) is 4.63. The zero-order valence-corrected chi connectivity index (χ0v) is 11.9. The first kappa shape index (κ1) is 14.2. The molecular weight excluding hydrogens is 284 g/mol. The van der Waals surface area contributed by atoms with Gasteiger partial charge < -0.3 is 5.73 Å². The lowest BCUT2D eigenvalue weighted by Gasteiger charge is -2.20. The lowest BCUT2D eigenvalue weighted by molar-refractivity contribution is 0.430. The Bertz CT molecular complexity index is 618. The Labute approximate surface area is 118 Å². The quantitative estimate of drug-likeness (QED) is 0.667. The highest BCUT2D eigenvalue weighted by Crippen LogP contribution is 2.32. The predicted octanol–water partition coefficient (Wildman–Crippen LogP) is 1.96. The molecule has 0 amide bonds. The number of nitrogens with two attached hydrogens (primary N) is 1. The van der Waals surface area contributed by atoms with Crippen LogP contribution in [0.5, 0.6) is 0 Å². The Kier molecular flexibility index (Phi) is 4.04. The largest absolute Gasteiger partial charge is 0.398 e. The topological polar surface area (TPSA) is 63.4 Å². The second kappa shape index (κ2) is 5.41. The fourth-order valence-corrected chi connectivity index (χ4v) is 3.54. The summed E-state index contributed by atoms with van der Waals surface area (Å²) in [5.74, 6) is 2.80. The molecule has 1 aromatic carbocycles. The molecule has 0 saturated heterocycles. The summed E-state index contributed by atoms with van der Waals surface area (Å²) in [4.78, 5) is 0.0628. The number of halogens is 1. The van der Waals surface area contributed by atoms with Gasteiger partial charge in [-0.2, -0.15) is 4.31 Å². The molecule has 6 heteroatoms. The Morgan fingerprint density at radius 2 is 2.16 bits per heavy atom. The third-order valence-electron chi connectivity index (χ3n) is 3.02. The van der Waals surface area contributed by atoms with E-state index in [1.54, 1.807) is 0 Å². The highest BCUT2D eigenvalue weighted by Gasteiger charge is 2.32. The average Bonchev–Trinajstić information content (AvgIpc) is 3.11. The van der Waals surface area contributed by atoms with E-state index >= 15 is 0 Å². The number of terminal acetylenes is 1. The van der Waals surface area contributed by atoms with Gasteiger partial charge in [0.1, 0.15) is 4.90 Å². The van der Waals surface area contributed by atoms with E-state index in [4.69, 9.17) is 23.8 Å². The minimum atomic E-state index is -3.66. The average molecular weight is 299 g/mol. The van der Waals surface area contributed by atoms with Gasteiger partial charge in [-0.25, -0.2) is 8.42 Å². The summed E-state index contributed by atoms with van der Waals surface area (Å²) in [6.07, 6.45) is 7.35. The highest BCUT2D eigenvalue weighted by atomic mass is 35.5. The molecule has 1 fully saturated rings. The van der Waals surface area contributed by atoms with E-state index in [0.29, 0.717) is 17.5 Å². The van der Waals surface area contributed by atoms with Crippen LogP contribution in [0.25, 0.3) is 0 Å². The molecule has 102 valence electrons. The van der Waals surface area contributed by atoms with Gasteiger partial charge in [0.25, 0.3) is 0 Å². The SMILES string of the molecule is C#CCN(CC1CC1)S(=O)(=O)c1ccc(Cl)cc1N. The van der Waals surface area contributed by atoms with Crippen molar-refractivity contribution in [1.29, 1.82) is 0 Å². The molecule has 0 radical (unpaired) electrons. The van der Waals surface area contributed by atoms with Crippen LogP contribution in [0.15, 0.2) is 23.1 Å². The maximum atomic E-state index is 12.5. The van der Waals surface area contributed by atoms with Gasteiger partial charge >= 0.3 is 0 Å². The van der Waals surface area contributed by atoms with Crippen LogP contribution in [0, 0.1) is 18.3 Å². The lowest BCUT2D eigenvalue weighted by atomic mass is 10.3. The number of benzene rings is 1. The van der Waals surface area contributed by atoms with Crippen molar-refractivity contribution >= 4 is 27.3 Å². The van der Waals surface area contributed by atoms with Crippen molar-refractivity contribution in [3.8, 4) is 12.3 Å². The minimum absolute atomic E-state index is 0.0564. The molecule has 1 aromatic rings. The van der Waals surface area contributed by atoms with E-state index in [1.807, 2.05) is 0 Å². The third kappa shape index (κ3) is 3.21. The van der Waals surface area contributed by atoms with E-state index in [2.05, 4.69) is 5.92 Å². The predicted molar refractivity (Wildman–Crippen MR) is 76.2 cm³/mol. The van der Waals surface area contributed by atoms with Crippen molar-refractivity contribution in [1.82, 2.24) is 4.31 Å². The van der Waals surface area contributed by atoms with Crippen LogP contribution in [0.4, 0.5) is 5.69 Å². The third-order valence-corrected chi connectivity index (χ3v) is 5.14. The Hall–Kier alpha value is -1.22. The van der Waals surface area contributed by atoms with E-state index in [-0.39, 0.29) is 17.1 Å². The fraction of sp³-hybridized carbons (Fsp3) is 0.385. The van der Waals surface area contributed by atoms with Crippen molar-refractivity contribution in [3.05, 3.63) is 23.2 Å². The van der Waals surface area contributed by atoms with Crippen LogP contribution in [0.1, 0.15) is 12.8 Å². The molecule has 0 spiro atoms. The maximum Gasteiger partial charge on any atom is 0.246 e. The van der Waals surface area contributed by atoms with E-state index in [9.17, 15) is 8.42 Å². The standard InChI is InChI=1S/C13H15ClN2O2S/c1-2-7-16(9-10-3-4-10)19(17,18)13-6-5-11(14)8-12(13)15/h1,5-6,8,10H,3-4,7,9,15H2.